The monoisotopic (exact) mass is 949 g/mol. The van der Waals surface area contributed by atoms with Crippen LogP contribution >= 0.6 is 0 Å². The maximum atomic E-state index is 12.9. The second kappa shape index (κ2) is 49.4. The SMILES string of the molecule is CCCCCCC/C=C\C/C=C\C/C=C\CCCCCCCCCCCCC(=O)OC(COCCCCCCCCCCCCCCCCCCCCC)COC1OC(CO)C(O)C(O)C1O. The second-order valence-electron chi connectivity index (χ2n) is 19.7. The first-order chi connectivity index (χ1) is 32.9. The summed E-state index contributed by atoms with van der Waals surface area (Å²) in [5.41, 5.74) is 0. The highest BCUT2D eigenvalue weighted by atomic mass is 16.7. The van der Waals surface area contributed by atoms with Crippen molar-refractivity contribution >= 4 is 5.97 Å². The van der Waals surface area contributed by atoms with Crippen molar-refractivity contribution in [1.29, 1.82) is 0 Å². The van der Waals surface area contributed by atoms with Crippen LogP contribution in [0.15, 0.2) is 36.5 Å². The van der Waals surface area contributed by atoms with Gasteiger partial charge in [0.05, 0.1) is 19.8 Å². The molecule has 0 aromatic rings. The van der Waals surface area contributed by atoms with E-state index in [1.54, 1.807) is 0 Å². The molecule has 67 heavy (non-hydrogen) atoms. The van der Waals surface area contributed by atoms with E-state index >= 15 is 0 Å². The van der Waals surface area contributed by atoms with E-state index < -0.39 is 43.4 Å². The van der Waals surface area contributed by atoms with Gasteiger partial charge in [0, 0.05) is 13.0 Å². The van der Waals surface area contributed by atoms with Crippen molar-refractivity contribution in [1.82, 2.24) is 0 Å². The van der Waals surface area contributed by atoms with E-state index in [0.29, 0.717) is 13.0 Å². The Hall–Kier alpha value is -1.59. The van der Waals surface area contributed by atoms with E-state index in [2.05, 4.69) is 50.3 Å². The Labute approximate surface area is 412 Å². The molecule has 1 heterocycles. The average molecular weight is 949 g/mol. The minimum absolute atomic E-state index is 0.112. The number of allylic oxidation sites excluding steroid dienone is 6. The number of rotatable bonds is 50. The van der Waals surface area contributed by atoms with Gasteiger partial charge in [-0.1, -0.05) is 243 Å². The zero-order chi connectivity index (χ0) is 48.5. The summed E-state index contributed by atoms with van der Waals surface area (Å²) < 4.78 is 23.0. The van der Waals surface area contributed by atoms with Crippen LogP contribution in [0, 0.1) is 0 Å². The normalized spacial score (nSPS) is 19.4. The first-order valence-corrected chi connectivity index (χ1v) is 28.6. The Kier molecular flexibility index (Phi) is 46.8. The highest BCUT2D eigenvalue weighted by Gasteiger charge is 2.44. The van der Waals surface area contributed by atoms with Crippen LogP contribution in [0.2, 0.25) is 0 Å². The van der Waals surface area contributed by atoms with Crippen molar-refractivity contribution < 1.29 is 44.2 Å². The van der Waals surface area contributed by atoms with Gasteiger partial charge in [-0.25, -0.2) is 0 Å². The highest BCUT2D eigenvalue weighted by molar-refractivity contribution is 5.69. The molecular formula is C58H108O9. The number of carbonyl (C=O) groups is 1. The summed E-state index contributed by atoms with van der Waals surface area (Å²) in [5, 5.41) is 40.3. The molecule has 1 aliphatic heterocycles. The lowest BCUT2D eigenvalue weighted by Gasteiger charge is -2.39. The Balaban J connectivity index is 2.16. The molecule has 1 fully saturated rings. The van der Waals surface area contributed by atoms with Crippen molar-refractivity contribution in [2.45, 2.75) is 301 Å². The van der Waals surface area contributed by atoms with Crippen LogP contribution in [0.4, 0.5) is 0 Å². The molecule has 1 saturated heterocycles. The number of hydrogen-bond acceptors (Lipinski definition) is 9. The first kappa shape index (κ1) is 63.4. The maximum absolute atomic E-state index is 12.9. The molecule has 1 aliphatic rings. The van der Waals surface area contributed by atoms with Gasteiger partial charge in [0.25, 0.3) is 0 Å². The van der Waals surface area contributed by atoms with Gasteiger partial charge in [-0.15, -0.1) is 0 Å². The third-order valence-electron chi connectivity index (χ3n) is 13.3. The Morgan fingerprint density at radius 3 is 1.30 bits per heavy atom. The molecule has 1 rings (SSSR count). The summed E-state index contributed by atoms with van der Waals surface area (Å²) in [4.78, 5) is 12.9. The number of ether oxygens (including phenoxy) is 4. The molecule has 0 aliphatic carbocycles. The van der Waals surface area contributed by atoms with Crippen molar-refractivity contribution in [3.8, 4) is 0 Å². The second-order valence-corrected chi connectivity index (χ2v) is 19.7. The summed E-state index contributed by atoms with van der Waals surface area (Å²) >= 11 is 0. The number of hydrogen-bond donors (Lipinski definition) is 4. The molecule has 0 aromatic carbocycles. The summed E-state index contributed by atoms with van der Waals surface area (Å²) in [7, 11) is 0. The van der Waals surface area contributed by atoms with E-state index in [9.17, 15) is 25.2 Å². The molecule has 0 amide bonds. The number of aliphatic hydroxyl groups excluding tert-OH is 4. The number of aliphatic hydroxyl groups is 4. The Morgan fingerprint density at radius 1 is 0.478 bits per heavy atom. The van der Waals surface area contributed by atoms with Gasteiger partial charge < -0.3 is 39.4 Å². The van der Waals surface area contributed by atoms with Crippen molar-refractivity contribution in [3.05, 3.63) is 36.5 Å². The first-order valence-electron chi connectivity index (χ1n) is 28.6. The summed E-state index contributed by atoms with van der Waals surface area (Å²) in [6.07, 6.45) is 54.7. The van der Waals surface area contributed by atoms with Gasteiger partial charge in [0.1, 0.15) is 30.5 Å². The largest absolute Gasteiger partial charge is 0.457 e. The van der Waals surface area contributed by atoms with Crippen molar-refractivity contribution in [3.63, 3.8) is 0 Å². The van der Waals surface area contributed by atoms with Crippen LogP contribution in [0.1, 0.15) is 264 Å². The molecule has 0 spiro atoms. The molecule has 0 saturated carbocycles. The standard InChI is InChI=1S/C58H108O9/c1-3-5-7-9-11-13-15-17-19-21-23-24-25-26-27-28-29-31-33-35-37-39-41-43-45-47-54(60)66-52(51-65-58-57(63)56(62)55(61)53(49-59)67-58)50-64-48-46-44-42-40-38-36-34-32-30-22-20-18-16-14-12-10-8-6-4-2/h15,17,21,23,25-26,52-53,55-59,61-63H,3-14,16,18-20,22,24,27-51H2,1-2H3/b17-15-,23-21-,26-25-. The average Bonchev–Trinajstić information content (AvgIpc) is 3.33. The van der Waals surface area contributed by atoms with Crippen LogP contribution in [-0.2, 0) is 23.7 Å². The zero-order valence-electron chi connectivity index (χ0n) is 43.7. The Morgan fingerprint density at radius 2 is 0.866 bits per heavy atom. The summed E-state index contributed by atoms with van der Waals surface area (Å²) in [6.45, 7) is 4.60. The summed E-state index contributed by atoms with van der Waals surface area (Å²) in [6, 6.07) is 0. The van der Waals surface area contributed by atoms with E-state index in [1.807, 2.05) is 0 Å². The molecule has 6 unspecified atom stereocenters. The number of unbranched alkanes of at least 4 members (excludes halogenated alkanes) is 33. The van der Waals surface area contributed by atoms with Crippen LogP contribution in [-0.4, -0.2) is 89.6 Å². The number of carbonyl (C=O) groups excluding carboxylic acids is 1. The lowest BCUT2D eigenvalue weighted by molar-refractivity contribution is -0.305. The van der Waals surface area contributed by atoms with Gasteiger partial charge in [-0.05, 0) is 51.4 Å². The van der Waals surface area contributed by atoms with E-state index in [4.69, 9.17) is 18.9 Å². The molecule has 0 aromatic heterocycles. The lowest BCUT2D eigenvalue weighted by atomic mass is 9.99. The quantitative estimate of drug-likeness (QED) is 0.0267. The smallest absolute Gasteiger partial charge is 0.306 e. The van der Waals surface area contributed by atoms with Gasteiger partial charge in [-0.2, -0.15) is 0 Å². The van der Waals surface area contributed by atoms with Crippen LogP contribution in [0.3, 0.4) is 0 Å². The van der Waals surface area contributed by atoms with Crippen molar-refractivity contribution in [2.75, 3.05) is 26.4 Å². The molecule has 9 heteroatoms. The third kappa shape index (κ3) is 39.8. The van der Waals surface area contributed by atoms with E-state index in [1.165, 1.54) is 199 Å². The molecule has 9 nitrogen and oxygen atoms in total. The van der Waals surface area contributed by atoms with E-state index in [0.717, 1.165) is 44.9 Å². The molecule has 394 valence electrons. The van der Waals surface area contributed by atoms with E-state index in [-0.39, 0.29) is 19.2 Å². The minimum atomic E-state index is -1.54. The summed E-state index contributed by atoms with van der Waals surface area (Å²) in [5.74, 6) is -0.313. The number of esters is 1. The fraction of sp³-hybridized carbons (Fsp3) is 0.879. The molecule has 0 radical (unpaired) electrons. The van der Waals surface area contributed by atoms with Crippen LogP contribution in [0.25, 0.3) is 0 Å². The van der Waals surface area contributed by atoms with Crippen molar-refractivity contribution in [2.24, 2.45) is 0 Å². The lowest BCUT2D eigenvalue weighted by Crippen LogP contribution is -2.59. The highest BCUT2D eigenvalue weighted by Crippen LogP contribution is 2.23. The predicted octanol–water partition coefficient (Wildman–Crippen LogP) is 14.7. The molecule has 4 N–H and O–H groups in total. The fourth-order valence-corrected chi connectivity index (χ4v) is 8.85. The topological polar surface area (TPSA) is 135 Å². The van der Waals surface area contributed by atoms with Gasteiger partial charge in [0.15, 0.2) is 6.29 Å². The van der Waals surface area contributed by atoms with Gasteiger partial charge >= 0.3 is 5.97 Å². The van der Waals surface area contributed by atoms with Crippen LogP contribution in [0.5, 0.6) is 0 Å². The molecule has 0 bridgehead atoms. The van der Waals surface area contributed by atoms with Gasteiger partial charge in [0.2, 0.25) is 0 Å². The van der Waals surface area contributed by atoms with Crippen LogP contribution < -0.4 is 0 Å². The van der Waals surface area contributed by atoms with Gasteiger partial charge in [-0.3, -0.25) is 4.79 Å². The molecule has 6 atom stereocenters. The maximum Gasteiger partial charge on any atom is 0.306 e. The fourth-order valence-electron chi connectivity index (χ4n) is 8.85. The minimum Gasteiger partial charge on any atom is -0.457 e. The predicted molar refractivity (Wildman–Crippen MR) is 279 cm³/mol. The third-order valence-corrected chi connectivity index (χ3v) is 13.3. The Bertz CT molecular complexity index is 1130. The molecular weight excluding hydrogens is 841 g/mol. The zero-order valence-corrected chi connectivity index (χ0v) is 43.7.